The van der Waals surface area contributed by atoms with Crippen molar-refractivity contribution in [3.8, 4) is 11.5 Å². The Kier molecular flexibility index (Phi) is 20.9. The molecule has 2 aromatic heterocycles. The third kappa shape index (κ3) is 16.9. The zero-order valence-corrected chi connectivity index (χ0v) is 43.3. The van der Waals surface area contributed by atoms with Gasteiger partial charge in [0.2, 0.25) is 35.4 Å². The number of aromatic nitrogens is 2. The number of rotatable bonds is 29. The van der Waals surface area contributed by atoms with Gasteiger partial charge in [-0.2, -0.15) is 0 Å². The fourth-order valence-electron chi connectivity index (χ4n) is 8.97. The van der Waals surface area contributed by atoms with Crippen molar-refractivity contribution in [3.63, 3.8) is 0 Å². The van der Waals surface area contributed by atoms with Gasteiger partial charge >= 0.3 is 11.9 Å². The Hall–Kier alpha value is -8.76. The first-order valence-corrected chi connectivity index (χ1v) is 25.7. The van der Waals surface area contributed by atoms with E-state index in [1.807, 2.05) is 36.4 Å². The molecule has 22 nitrogen and oxygen atoms in total. The van der Waals surface area contributed by atoms with E-state index in [-0.39, 0.29) is 55.9 Å². The van der Waals surface area contributed by atoms with E-state index in [9.17, 15) is 58.8 Å². The zero-order chi connectivity index (χ0) is 56.5. The number of hydrogen-bond acceptors (Lipinski definition) is 12. The molecular weight excluding hydrogens is 1000 g/mol. The lowest BCUT2D eigenvalue weighted by Crippen LogP contribution is -2.60. The molecule has 6 rings (SSSR count). The number of aromatic hydroxyl groups is 2. The molecule has 0 bridgehead atoms. The zero-order valence-electron chi connectivity index (χ0n) is 43.3. The summed E-state index contributed by atoms with van der Waals surface area (Å²) in [5.74, 6) is -8.64. The van der Waals surface area contributed by atoms with Crippen molar-refractivity contribution in [1.82, 2.24) is 41.9 Å². The van der Waals surface area contributed by atoms with Crippen LogP contribution in [0.15, 0.2) is 109 Å². The number of unbranched alkanes of at least 4 members (excludes halogenated alkanes) is 1. The number of aliphatic carboxylic acids is 2. The van der Waals surface area contributed by atoms with Gasteiger partial charge in [0.15, 0.2) is 0 Å². The van der Waals surface area contributed by atoms with Gasteiger partial charge in [-0.3, -0.25) is 33.6 Å². The molecule has 0 radical (unpaired) electrons. The highest BCUT2D eigenvalue weighted by Crippen LogP contribution is 2.22. The fourth-order valence-corrected chi connectivity index (χ4v) is 8.97. The lowest BCUT2D eigenvalue weighted by Gasteiger charge is -2.28. The molecule has 0 fully saturated rings. The Morgan fingerprint density at radius 3 is 1.36 bits per heavy atom. The molecule has 0 saturated carbocycles. The van der Waals surface area contributed by atoms with Crippen LogP contribution in [0.4, 0.5) is 0 Å². The third-order valence-electron chi connectivity index (χ3n) is 13.1. The topological polar surface area (TPSA) is 373 Å². The van der Waals surface area contributed by atoms with Crippen LogP contribution < -0.4 is 43.4 Å². The van der Waals surface area contributed by atoms with Gasteiger partial charge in [-0.05, 0) is 90.4 Å². The summed E-state index contributed by atoms with van der Waals surface area (Å²) in [6.07, 6.45) is 3.07. The van der Waals surface area contributed by atoms with Gasteiger partial charge < -0.3 is 73.8 Å². The van der Waals surface area contributed by atoms with Crippen LogP contribution in [0.2, 0.25) is 0 Å². The number of carbonyl (C=O) groups is 8. The highest BCUT2D eigenvalue weighted by molar-refractivity contribution is 5.98. The molecule has 22 heteroatoms. The molecule has 2 heterocycles. The first kappa shape index (κ1) is 58.5. The fraction of sp³-hybridized carbons (Fsp3) is 0.357. The molecule has 0 saturated heterocycles. The van der Waals surface area contributed by atoms with Crippen molar-refractivity contribution < 1.29 is 58.8 Å². The highest BCUT2D eigenvalue weighted by Gasteiger charge is 2.35. The van der Waals surface area contributed by atoms with Crippen molar-refractivity contribution in [2.75, 3.05) is 6.54 Å². The lowest BCUT2D eigenvalue weighted by atomic mass is 9.99. The van der Waals surface area contributed by atoms with Crippen LogP contribution in [0.5, 0.6) is 11.5 Å². The van der Waals surface area contributed by atoms with E-state index < -0.39 is 96.1 Å². The number of H-pyrrole nitrogens is 2. The van der Waals surface area contributed by atoms with Gasteiger partial charge in [0.05, 0.1) is 12.5 Å². The summed E-state index contributed by atoms with van der Waals surface area (Å²) in [5, 5.41) is 57.4. The number of phenolic OH excluding ortho intramolecular Hbond substituents is 2. The number of carboxylic acid groups (broad SMARTS) is 2. The molecule has 16 N–H and O–H groups in total. The number of fused-ring (bicyclic) bond motifs is 2. The SMILES string of the molecule is CC(C)C[C@H](NC(=O)[C@H](CC(=O)O)NC(=O)[C@H](Cc1ccc(O)cc1)NC(=O)[C@@H](N)CCCCN)C(=O)N[C@@H](Cc1ccc(O)cc1)C(=O)N[C@@H](Cc1c[nH]c2ccccc12)C(=O)N[C@@H](Cc1c[nH]c2ccccc12)C(=O)O. The average Bonchev–Trinajstić information content (AvgIpc) is 4.05. The molecule has 7 atom stereocenters. The van der Waals surface area contributed by atoms with Gasteiger partial charge in [0.25, 0.3) is 0 Å². The third-order valence-corrected chi connectivity index (χ3v) is 13.1. The van der Waals surface area contributed by atoms with Crippen molar-refractivity contribution in [2.45, 2.75) is 114 Å². The Morgan fingerprint density at radius 2 is 0.897 bits per heavy atom. The first-order chi connectivity index (χ1) is 37.3. The van der Waals surface area contributed by atoms with Crippen molar-refractivity contribution in [3.05, 3.63) is 132 Å². The highest BCUT2D eigenvalue weighted by atomic mass is 16.4. The average molecular weight is 1070 g/mol. The van der Waals surface area contributed by atoms with Crippen LogP contribution >= 0.6 is 0 Å². The molecular formula is C56H68N10O12. The van der Waals surface area contributed by atoms with Gasteiger partial charge in [0.1, 0.15) is 47.8 Å². The number of nitrogens with two attached hydrogens (primary N) is 2. The predicted octanol–water partition coefficient (Wildman–Crippen LogP) is 2.30. The normalized spacial score (nSPS) is 14.0. The van der Waals surface area contributed by atoms with Crippen LogP contribution in [0.25, 0.3) is 21.8 Å². The van der Waals surface area contributed by atoms with Crippen molar-refractivity contribution in [1.29, 1.82) is 0 Å². The number of hydrogen-bond donors (Lipinski definition) is 14. The molecule has 0 spiro atoms. The summed E-state index contributed by atoms with van der Waals surface area (Å²) in [7, 11) is 0. The van der Waals surface area contributed by atoms with E-state index in [2.05, 4.69) is 41.9 Å². The Balaban J connectivity index is 1.25. The largest absolute Gasteiger partial charge is 0.508 e. The summed E-state index contributed by atoms with van der Waals surface area (Å²) in [4.78, 5) is 117. The standard InChI is InChI=1S/C56H68N10O12/c1-31(2)23-43(62-55(76)47(28-49(69)70)65-52(73)44(24-32-14-18-36(67)19-15-32)61-50(71)40(58)11-7-8-22-57)51(72)63-45(25-33-16-20-37(68)21-17-33)53(74)64-46(26-34-29-59-41-12-5-3-9-38(34)41)54(75)66-48(56(77)78)27-35-30-60-42-13-6-4-10-39(35)42/h3-6,9-10,12-21,29-31,40,43-48,59-60,67-68H,7-8,11,22-28,57-58H2,1-2H3,(H,61,71)(H,62,76)(H,63,72)(H,64,74)(H,65,73)(H,66,75)(H,69,70)(H,77,78)/t40-,43-,44-,45-,46-,47-,48-/m0/s1. The lowest BCUT2D eigenvalue weighted by molar-refractivity contribution is -0.142. The molecule has 0 aliphatic rings. The molecule has 6 amide bonds. The minimum absolute atomic E-state index is 0.0565. The van der Waals surface area contributed by atoms with Crippen molar-refractivity contribution >= 4 is 69.2 Å². The van der Waals surface area contributed by atoms with E-state index >= 15 is 0 Å². The summed E-state index contributed by atoms with van der Waals surface area (Å²) in [5.41, 5.74) is 15.4. The number of phenols is 2. The maximum absolute atomic E-state index is 14.8. The van der Waals surface area contributed by atoms with Crippen LogP contribution in [0.1, 0.15) is 68.2 Å². The van der Waals surface area contributed by atoms with Crippen LogP contribution in [-0.4, -0.2) is 127 Å². The number of carboxylic acids is 2. The van der Waals surface area contributed by atoms with Crippen LogP contribution in [0.3, 0.4) is 0 Å². The molecule has 0 aliphatic carbocycles. The second-order valence-corrected chi connectivity index (χ2v) is 19.7. The first-order valence-electron chi connectivity index (χ1n) is 25.7. The maximum Gasteiger partial charge on any atom is 0.326 e. The number of carbonyl (C=O) groups excluding carboxylic acids is 6. The van der Waals surface area contributed by atoms with Gasteiger partial charge in [-0.25, -0.2) is 4.79 Å². The molecule has 78 heavy (non-hydrogen) atoms. The Bertz CT molecular complexity index is 3050. The number of amides is 6. The summed E-state index contributed by atoms with van der Waals surface area (Å²) < 4.78 is 0. The summed E-state index contributed by atoms with van der Waals surface area (Å²) in [6, 6.07) is 16.0. The minimum atomic E-state index is -1.81. The Morgan fingerprint density at radius 1 is 0.500 bits per heavy atom. The van der Waals surface area contributed by atoms with E-state index in [0.717, 1.165) is 21.8 Å². The summed E-state index contributed by atoms with van der Waals surface area (Å²) >= 11 is 0. The summed E-state index contributed by atoms with van der Waals surface area (Å²) in [6.45, 7) is 3.87. The molecule has 0 aliphatic heterocycles. The van der Waals surface area contributed by atoms with Crippen LogP contribution in [-0.2, 0) is 64.0 Å². The molecule has 414 valence electrons. The van der Waals surface area contributed by atoms with Gasteiger partial charge in [-0.1, -0.05) is 80.9 Å². The second kappa shape index (κ2) is 27.9. The Labute approximate surface area is 449 Å². The predicted molar refractivity (Wildman–Crippen MR) is 289 cm³/mol. The maximum atomic E-state index is 14.8. The van der Waals surface area contributed by atoms with Gasteiger partial charge in [-0.15, -0.1) is 0 Å². The van der Waals surface area contributed by atoms with E-state index in [1.54, 1.807) is 38.4 Å². The molecule has 0 unspecified atom stereocenters. The van der Waals surface area contributed by atoms with Gasteiger partial charge in [0, 0.05) is 59.9 Å². The number of para-hydroxylation sites is 2. The van der Waals surface area contributed by atoms with E-state index in [0.29, 0.717) is 41.6 Å². The quantitative estimate of drug-likeness (QED) is 0.0300. The minimum Gasteiger partial charge on any atom is -0.508 e. The molecule has 6 aromatic rings. The second-order valence-electron chi connectivity index (χ2n) is 19.7. The van der Waals surface area contributed by atoms with E-state index in [1.165, 1.54) is 48.5 Å². The van der Waals surface area contributed by atoms with Crippen LogP contribution in [0, 0.1) is 5.92 Å². The number of aromatic amines is 2. The smallest absolute Gasteiger partial charge is 0.326 e. The molecule has 4 aromatic carbocycles. The van der Waals surface area contributed by atoms with E-state index in [4.69, 9.17) is 11.5 Å². The number of benzene rings is 4. The number of nitrogens with one attached hydrogen (secondary N) is 8. The monoisotopic (exact) mass is 1070 g/mol. The van der Waals surface area contributed by atoms with Crippen molar-refractivity contribution in [2.24, 2.45) is 17.4 Å².